The Labute approximate surface area is 473 Å². The molecule has 6 aromatic rings. The van der Waals surface area contributed by atoms with Crippen LogP contribution in [0.2, 0.25) is 12.1 Å². The second-order valence-electron chi connectivity index (χ2n) is 21.9. The summed E-state index contributed by atoms with van der Waals surface area (Å²) in [6, 6.07) is 16.3. The Hall–Kier alpha value is -3.30. The van der Waals surface area contributed by atoms with E-state index >= 15 is 0 Å². The van der Waals surface area contributed by atoms with Gasteiger partial charge in [-0.3, -0.25) is 29.0 Å². The molecule has 0 saturated carbocycles. The predicted molar refractivity (Wildman–Crippen MR) is 329 cm³/mol. The Morgan fingerprint density at radius 2 is 0.827 bits per heavy atom. The lowest BCUT2D eigenvalue weighted by Crippen LogP contribution is -2.56. The van der Waals surface area contributed by atoms with Crippen LogP contribution in [0.1, 0.15) is 221 Å². The Bertz CT molecular complexity index is 2980. The fraction of sp³-hybridized carbons (Fsp3) is 0.548. The van der Waals surface area contributed by atoms with E-state index in [0.717, 1.165) is 82.4 Å². The van der Waals surface area contributed by atoms with E-state index in [9.17, 15) is 19.2 Å². The van der Waals surface area contributed by atoms with Crippen LogP contribution in [0.25, 0.3) is 48.8 Å². The predicted octanol–water partition coefficient (Wildman–Crippen LogP) is 19.2. The zero-order valence-corrected chi connectivity index (χ0v) is 52.0. The van der Waals surface area contributed by atoms with Crippen LogP contribution in [0, 0.1) is 25.7 Å². The summed E-state index contributed by atoms with van der Waals surface area (Å²) < 4.78 is 0. The van der Waals surface area contributed by atoms with Crippen LogP contribution in [0.5, 0.6) is 0 Å². The number of aryl methyl sites for hydroxylation is 2. The monoisotopic (exact) mass is 1140 g/mol. The molecule has 0 bridgehead atoms. The topological polar surface area (TPSA) is 74.8 Å². The van der Waals surface area contributed by atoms with E-state index in [2.05, 4.69) is 84.9 Å². The fourth-order valence-electron chi connectivity index (χ4n) is 12.4. The maximum Gasteiger partial charge on any atom is 0.263 e. The smallest absolute Gasteiger partial charge is 0.263 e. The molecule has 402 valence electrons. The number of nitrogens with zero attached hydrogens (tertiary/aromatic N) is 2. The molecule has 6 aromatic heterocycles. The lowest BCUT2D eigenvalue weighted by atomic mass is 10.0. The highest BCUT2D eigenvalue weighted by molar-refractivity contribution is 7.33. The van der Waals surface area contributed by atoms with Gasteiger partial charge in [-0.25, -0.2) is 0 Å². The summed E-state index contributed by atoms with van der Waals surface area (Å²) in [6.45, 7) is 19.1. The van der Waals surface area contributed by atoms with Crippen molar-refractivity contribution >= 4 is 110 Å². The summed E-state index contributed by atoms with van der Waals surface area (Å²) in [4.78, 5) is 73.9. The number of amides is 4. The molecule has 9 rings (SSSR count). The Kier molecular flexibility index (Phi) is 19.0. The van der Waals surface area contributed by atoms with Crippen molar-refractivity contribution in [3.05, 3.63) is 68.4 Å². The number of carbonyl (C=O) groups excluding carboxylic acids is 4. The molecule has 0 spiro atoms. The van der Waals surface area contributed by atoms with Crippen molar-refractivity contribution in [3.63, 3.8) is 0 Å². The largest absolute Gasteiger partial charge is 0.274 e. The molecular formula is C62H80N2O4S6Si. The van der Waals surface area contributed by atoms with Crippen LogP contribution in [-0.2, 0) is 0 Å². The number of thiophene rings is 6. The van der Waals surface area contributed by atoms with Crippen molar-refractivity contribution in [1.82, 2.24) is 9.80 Å². The lowest BCUT2D eigenvalue weighted by Gasteiger charge is -2.35. The molecule has 6 nitrogen and oxygen atoms in total. The minimum Gasteiger partial charge on any atom is -0.274 e. The van der Waals surface area contributed by atoms with Gasteiger partial charge in [0.1, 0.15) is 8.07 Å². The van der Waals surface area contributed by atoms with Crippen molar-refractivity contribution < 1.29 is 19.2 Å². The zero-order chi connectivity index (χ0) is 53.0. The van der Waals surface area contributed by atoms with Crippen LogP contribution >= 0.6 is 68.0 Å². The van der Waals surface area contributed by atoms with E-state index in [4.69, 9.17) is 0 Å². The van der Waals surface area contributed by atoms with Gasteiger partial charge < -0.3 is 0 Å². The molecule has 0 aliphatic carbocycles. The van der Waals surface area contributed by atoms with Gasteiger partial charge in [0.2, 0.25) is 0 Å². The average Bonchev–Trinajstić information content (AvgIpc) is 4.32. The van der Waals surface area contributed by atoms with E-state index in [-0.39, 0.29) is 23.6 Å². The molecule has 0 saturated heterocycles. The standard InChI is InChI=1S/C62H80N2O4S6Si/c1-9-15-19-21-23-25-33-63-59(65)50-40(8)70-54(51(50)60(63)66)45-31-29-43(71-45)44-30-32-46(72-44)55-52-53(62(68)64(61(52)67)34-26-24-22-20-16-10-2)56(74-55)47-36-49-58(73-47)57-48(35-39(7)69-57)75(49,37-41(13-5)27-17-11-3)38-42(14-6)28-18-12-4/h29-32,35-36,41-42H,9-28,33-34,37-38H2,1-8H3. The first-order valence-electron chi connectivity index (χ1n) is 28.9. The summed E-state index contributed by atoms with van der Waals surface area (Å²) in [5.74, 6) is 0.800. The van der Waals surface area contributed by atoms with Gasteiger partial charge in [0.15, 0.2) is 0 Å². The van der Waals surface area contributed by atoms with E-state index in [0.29, 0.717) is 47.2 Å². The molecule has 75 heavy (non-hydrogen) atoms. The van der Waals surface area contributed by atoms with E-state index in [1.54, 1.807) is 60.6 Å². The molecule has 2 unspecified atom stereocenters. The molecule has 3 aliphatic heterocycles. The normalized spacial score (nSPS) is 16.7. The summed E-state index contributed by atoms with van der Waals surface area (Å²) in [5.41, 5.74) is 2.35. The average molecular weight is 1140 g/mol. The van der Waals surface area contributed by atoms with Gasteiger partial charge in [-0.15, -0.1) is 68.0 Å². The van der Waals surface area contributed by atoms with Crippen molar-refractivity contribution in [1.29, 1.82) is 0 Å². The number of unbranched alkanes of at least 4 members (excludes halogenated alkanes) is 12. The third kappa shape index (κ3) is 11.2. The maximum atomic E-state index is 15.0. The first-order valence-corrected chi connectivity index (χ1v) is 36.2. The highest BCUT2D eigenvalue weighted by atomic mass is 32.1. The number of hydrogen-bond donors (Lipinski definition) is 0. The summed E-state index contributed by atoms with van der Waals surface area (Å²) in [6.07, 6.45) is 23.1. The second-order valence-corrected chi connectivity index (χ2v) is 32.7. The summed E-state index contributed by atoms with van der Waals surface area (Å²) >= 11 is 10.4. The molecule has 13 heteroatoms. The van der Waals surface area contributed by atoms with Crippen LogP contribution < -0.4 is 10.4 Å². The molecule has 0 N–H and O–H groups in total. The quantitative estimate of drug-likeness (QED) is 0.0256. The van der Waals surface area contributed by atoms with E-state index in [1.165, 1.54) is 122 Å². The number of carbonyl (C=O) groups is 4. The van der Waals surface area contributed by atoms with Gasteiger partial charge in [0.05, 0.1) is 36.9 Å². The highest BCUT2D eigenvalue weighted by Crippen LogP contribution is 2.54. The molecule has 3 aliphatic rings. The van der Waals surface area contributed by atoms with Crippen molar-refractivity contribution in [2.75, 3.05) is 13.1 Å². The van der Waals surface area contributed by atoms with E-state index in [1.807, 2.05) is 29.6 Å². The third-order valence-electron chi connectivity index (χ3n) is 16.6. The first kappa shape index (κ1) is 56.4. The van der Waals surface area contributed by atoms with Gasteiger partial charge in [0.25, 0.3) is 23.6 Å². The van der Waals surface area contributed by atoms with Gasteiger partial charge in [0, 0.05) is 57.0 Å². The van der Waals surface area contributed by atoms with Gasteiger partial charge in [-0.05, 0) is 97.4 Å². The number of imide groups is 2. The molecule has 9 heterocycles. The summed E-state index contributed by atoms with van der Waals surface area (Å²) in [5, 5.41) is 3.29. The zero-order valence-electron chi connectivity index (χ0n) is 46.1. The van der Waals surface area contributed by atoms with Gasteiger partial charge >= 0.3 is 0 Å². The van der Waals surface area contributed by atoms with Crippen molar-refractivity contribution in [3.8, 4) is 48.8 Å². The van der Waals surface area contributed by atoms with Crippen LogP contribution in [0.3, 0.4) is 0 Å². The highest BCUT2D eigenvalue weighted by Gasteiger charge is 2.51. The lowest BCUT2D eigenvalue weighted by molar-refractivity contribution is 0.0636. The van der Waals surface area contributed by atoms with Crippen LogP contribution in [0.4, 0.5) is 0 Å². The number of rotatable bonds is 30. The molecule has 4 amide bonds. The summed E-state index contributed by atoms with van der Waals surface area (Å²) in [7, 11) is -2.25. The van der Waals surface area contributed by atoms with Gasteiger partial charge in [-0.2, -0.15) is 0 Å². The van der Waals surface area contributed by atoms with E-state index < -0.39 is 8.07 Å². The molecule has 0 radical (unpaired) electrons. The minimum atomic E-state index is -2.25. The fourth-order valence-corrected chi connectivity index (χ4v) is 27.6. The van der Waals surface area contributed by atoms with Crippen molar-refractivity contribution in [2.45, 2.75) is 196 Å². The van der Waals surface area contributed by atoms with Crippen molar-refractivity contribution in [2.24, 2.45) is 11.8 Å². The molecule has 0 fully saturated rings. The van der Waals surface area contributed by atoms with Crippen LogP contribution in [0.15, 0.2) is 36.4 Å². The Morgan fingerprint density at radius 3 is 1.33 bits per heavy atom. The SMILES string of the molecule is CCCCCCCCN1C(=O)c2c(C)sc(-c3ccc(-c4ccc(-c5sc(-c6cc7c(s6)-c6sc(C)cc6[Si]7(CC(CC)CCCC)CC(CC)CCCC)c6c5C(=O)N(CCCCCCCC)C6=O)s4)s3)c2C1=O. The van der Waals surface area contributed by atoms with Crippen LogP contribution in [-0.4, -0.2) is 54.6 Å². The minimum absolute atomic E-state index is 0.126. The van der Waals surface area contributed by atoms with Gasteiger partial charge in [-0.1, -0.05) is 157 Å². The molecule has 2 atom stereocenters. The number of fused-ring (bicyclic) bond motifs is 5. The second kappa shape index (κ2) is 25.2. The first-order chi connectivity index (χ1) is 36.4. The third-order valence-corrected chi connectivity index (χ3v) is 29.9. The Morgan fingerprint density at radius 1 is 0.413 bits per heavy atom. The molecular weight excluding hydrogens is 1060 g/mol. The maximum absolute atomic E-state index is 15.0. The number of hydrogen-bond acceptors (Lipinski definition) is 10. The Balaban J connectivity index is 1.08. The molecule has 0 aromatic carbocycles.